The average molecular weight is 557 g/mol. The highest BCUT2D eigenvalue weighted by Crippen LogP contribution is 2.17. The largest absolute Gasteiger partial charge is 0.385 e. The Hall–Kier alpha value is -4.85. The fourth-order valence-corrected chi connectivity index (χ4v) is 2.92. The quantitative estimate of drug-likeness (QED) is 0.228. The topological polar surface area (TPSA) is 126 Å². The first-order chi connectivity index (χ1) is 19.8. The predicted molar refractivity (Wildman–Crippen MR) is 160 cm³/mol. The third-order valence-electron chi connectivity index (χ3n) is 4.80. The first kappa shape index (κ1) is 36.1. The zero-order valence-corrected chi connectivity index (χ0v) is 23.4. The zero-order valence-electron chi connectivity index (χ0n) is 23.4. The van der Waals surface area contributed by atoms with Crippen molar-refractivity contribution in [2.24, 2.45) is 0 Å². The van der Waals surface area contributed by atoms with Crippen molar-refractivity contribution in [2.75, 3.05) is 0 Å². The molecule has 0 aliphatic rings. The van der Waals surface area contributed by atoms with Crippen molar-refractivity contribution in [1.29, 1.82) is 0 Å². The molecule has 0 amide bonds. The number of hydrogen-bond donors (Lipinski definition) is 2. The van der Waals surface area contributed by atoms with E-state index in [1.807, 2.05) is 36.4 Å². The number of aliphatic hydroxyl groups excluding tert-OH is 2. The van der Waals surface area contributed by atoms with Crippen LogP contribution < -0.4 is 0 Å². The number of rotatable bonds is 6. The summed E-state index contributed by atoms with van der Waals surface area (Å²) in [6.45, 7) is 4.36. The van der Waals surface area contributed by atoms with E-state index in [9.17, 15) is 19.5 Å². The Morgan fingerprint density at radius 2 is 0.878 bits per heavy atom. The lowest BCUT2D eigenvalue weighted by Gasteiger charge is -2.09. The summed E-state index contributed by atoms with van der Waals surface area (Å²) in [5.41, 5.74) is 2.44. The Kier molecular flexibility index (Phi) is 20.3. The van der Waals surface area contributed by atoms with Crippen LogP contribution in [0.3, 0.4) is 0 Å². The Morgan fingerprint density at radius 1 is 0.561 bits per heavy atom. The smallest absolute Gasteiger partial charge is 0.195 e. The summed E-state index contributed by atoms with van der Waals surface area (Å²) < 4.78 is 0. The summed E-state index contributed by atoms with van der Waals surface area (Å²) in [5, 5.41) is 18.8. The number of carbonyl (C=O) groups excluding carboxylic acids is 5. The molecule has 4 rings (SSSR count). The highest BCUT2D eigenvalue weighted by molar-refractivity contribution is 6.00. The van der Waals surface area contributed by atoms with Gasteiger partial charge in [-0.1, -0.05) is 121 Å². The second-order valence-corrected chi connectivity index (χ2v) is 7.95. The predicted octanol–water partition coefficient (Wildman–Crippen LogP) is 5.76. The molecule has 4 aromatic rings. The lowest BCUT2D eigenvalue weighted by molar-refractivity contribution is -0.106. The molecule has 2 atom stereocenters. The maximum absolute atomic E-state index is 11.9. The Morgan fingerprint density at radius 3 is 1.20 bits per heavy atom. The van der Waals surface area contributed by atoms with Crippen LogP contribution in [0.25, 0.3) is 0 Å². The molecule has 0 aliphatic heterocycles. The summed E-state index contributed by atoms with van der Waals surface area (Å²) in [4.78, 5) is 50.6. The number of benzene rings is 4. The van der Waals surface area contributed by atoms with Gasteiger partial charge in [-0.05, 0) is 26.3 Å². The molecule has 0 unspecified atom stereocenters. The molecule has 0 bridgehead atoms. The van der Waals surface area contributed by atoms with Gasteiger partial charge in [0.1, 0.15) is 31.1 Å². The van der Waals surface area contributed by atoms with Gasteiger partial charge in [0.2, 0.25) is 0 Å². The van der Waals surface area contributed by atoms with Gasteiger partial charge in [-0.3, -0.25) is 14.4 Å². The van der Waals surface area contributed by atoms with Crippen LogP contribution >= 0.6 is 0 Å². The van der Waals surface area contributed by atoms with E-state index in [0.29, 0.717) is 16.7 Å². The fourth-order valence-electron chi connectivity index (χ4n) is 2.92. The van der Waals surface area contributed by atoms with Crippen LogP contribution in [0.4, 0.5) is 0 Å². The van der Waals surface area contributed by atoms with E-state index in [1.54, 1.807) is 84.9 Å². The first-order valence-electron chi connectivity index (χ1n) is 12.7. The van der Waals surface area contributed by atoms with Crippen molar-refractivity contribution in [3.8, 4) is 0 Å². The van der Waals surface area contributed by atoms with E-state index in [2.05, 4.69) is 0 Å². The Bertz CT molecular complexity index is 1250. The van der Waals surface area contributed by atoms with Crippen molar-refractivity contribution in [3.63, 3.8) is 0 Å². The van der Waals surface area contributed by atoms with Crippen LogP contribution in [0, 0.1) is 0 Å². The average Bonchev–Trinajstić information content (AvgIpc) is 3.03. The molecule has 2 N–H and O–H groups in total. The molecule has 0 radical (unpaired) electrons. The van der Waals surface area contributed by atoms with E-state index < -0.39 is 12.2 Å². The van der Waals surface area contributed by atoms with Gasteiger partial charge < -0.3 is 19.8 Å². The van der Waals surface area contributed by atoms with Gasteiger partial charge in [0, 0.05) is 16.7 Å². The summed E-state index contributed by atoms with van der Waals surface area (Å²) in [5.74, 6) is -0.502. The molecule has 0 aromatic heterocycles. The van der Waals surface area contributed by atoms with Crippen molar-refractivity contribution in [2.45, 2.75) is 33.0 Å². The van der Waals surface area contributed by atoms with Crippen molar-refractivity contribution in [3.05, 3.63) is 144 Å². The summed E-state index contributed by atoms with van der Waals surface area (Å²) in [6.07, 6.45) is 0.348. The van der Waals surface area contributed by atoms with E-state index in [1.165, 1.54) is 20.8 Å². The summed E-state index contributed by atoms with van der Waals surface area (Å²) in [7, 11) is 0. The van der Waals surface area contributed by atoms with Crippen molar-refractivity contribution < 1.29 is 34.2 Å². The highest BCUT2D eigenvalue weighted by atomic mass is 16.3. The molecule has 0 heterocycles. The van der Waals surface area contributed by atoms with Gasteiger partial charge >= 0.3 is 0 Å². The monoisotopic (exact) mass is 556 g/mol. The molecule has 7 heteroatoms. The minimum atomic E-state index is -1.08. The normalized spacial score (nSPS) is 10.4. The number of aldehydes is 3. The van der Waals surface area contributed by atoms with Crippen LogP contribution in [0.5, 0.6) is 0 Å². The lowest BCUT2D eigenvalue weighted by Crippen LogP contribution is -2.15. The Balaban J connectivity index is 0.000000558. The van der Waals surface area contributed by atoms with Gasteiger partial charge in [0.15, 0.2) is 11.6 Å². The minimum Gasteiger partial charge on any atom is -0.385 e. The first-order valence-corrected chi connectivity index (χ1v) is 12.7. The molecule has 0 aliphatic carbocycles. The van der Waals surface area contributed by atoms with Crippen LogP contribution in [-0.2, 0) is 9.59 Å². The molecular weight excluding hydrogens is 520 g/mol. The van der Waals surface area contributed by atoms with Crippen LogP contribution in [0.15, 0.2) is 121 Å². The number of ketones is 2. The van der Waals surface area contributed by atoms with E-state index in [4.69, 9.17) is 14.7 Å². The molecule has 7 nitrogen and oxygen atoms in total. The van der Waals surface area contributed by atoms with Crippen LogP contribution in [0.1, 0.15) is 63.5 Å². The SMILES string of the molecule is CC=O.CC=O.C[C@@H](O)C(=O)c1ccccc1.O=C(c1ccccc1)[C@H](O)c1ccccc1.O=Cc1ccccc1. The second-order valence-electron chi connectivity index (χ2n) is 7.95. The van der Waals surface area contributed by atoms with E-state index >= 15 is 0 Å². The van der Waals surface area contributed by atoms with Crippen LogP contribution in [-0.4, -0.2) is 46.7 Å². The summed E-state index contributed by atoms with van der Waals surface area (Å²) in [6, 6.07) is 35.6. The number of hydrogen-bond acceptors (Lipinski definition) is 7. The Labute approximate surface area is 241 Å². The zero-order chi connectivity index (χ0) is 30.9. The van der Waals surface area contributed by atoms with Crippen LogP contribution in [0.2, 0.25) is 0 Å². The van der Waals surface area contributed by atoms with Gasteiger partial charge in [0.05, 0.1) is 0 Å². The molecule has 41 heavy (non-hydrogen) atoms. The van der Waals surface area contributed by atoms with Gasteiger partial charge in [-0.15, -0.1) is 0 Å². The molecule has 0 spiro atoms. The maximum atomic E-state index is 11.9. The molecule has 214 valence electrons. The minimum absolute atomic E-state index is 0.231. The summed E-state index contributed by atoms with van der Waals surface area (Å²) >= 11 is 0. The standard InChI is InChI=1S/C14H12O2.C9H10O2.C7H6O.2C2H4O/c15-13(11-7-3-1-4-8-11)14(16)12-9-5-2-6-10-12;1-7(10)9(11)8-5-3-2-4-6-8;8-6-7-4-2-1-3-5-7;2*1-2-3/h1-10,13,15H;2-7,10H,1H3;1-6H;2*2H,1H3/t13-;7-;;;/m11.../s1. The van der Waals surface area contributed by atoms with Gasteiger partial charge in [-0.2, -0.15) is 0 Å². The van der Waals surface area contributed by atoms with Crippen molar-refractivity contribution >= 4 is 30.4 Å². The van der Waals surface area contributed by atoms with Crippen molar-refractivity contribution in [1.82, 2.24) is 0 Å². The molecule has 0 saturated heterocycles. The van der Waals surface area contributed by atoms with E-state index in [-0.39, 0.29) is 11.6 Å². The third-order valence-corrected chi connectivity index (χ3v) is 4.80. The highest BCUT2D eigenvalue weighted by Gasteiger charge is 2.18. The fraction of sp³-hybridized carbons (Fsp3) is 0.147. The second kappa shape index (κ2) is 23.1. The van der Waals surface area contributed by atoms with E-state index in [0.717, 1.165) is 24.4 Å². The molecule has 0 saturated carbocycles. The number of carbonyl (C=O) groups is 5. The molecule has 0 fully saturated rings. The molecule has 4 aromatic carbocycles. The van der Waals surface area contributed by atoms with Gasteiger partial charge in [-0.25, -0.2) is 0 Å². The number of Topliss-reactive ketones (excluding diaryl/α,β-unsaturated/α-hetero) is 2. The van der Waals surface area contributed by atoms with Gasteiger partial charge in [0.25, 0.3) is 0 Å². The third kappa shape index (κ3) is 16.0. The maximum Gasteiger partial charge on any atom is 0.195 e. The molecular formula is C34H36O7. The number of aliphatic hydroxyl groups is 2. The lowest BCUT2D eigenvalue weighted by atomic mass is 10.0.